The van der Waals surface area contributed by atoms with Crippen molar-refractivity contribution in [2.45, 2.75) is 25.3 Å². The minimum atomic E-state index is 0.493. The second kappa shape index (κ2) is 6.92. The average Bonchev–Trinajstić information content (AvgIpc) is 3.02. The Bertz CT molecular complexity index is 578. The molecule has 1 fully saturated rings. The third-order valence-corrected chi connectivity index (χ3v) is 4.30. The number of aromatic nitrogens is 3. The number of nitrogens with zero attached hydrogens (tertiary/aromatic N) is 5. The van der Waals surface area contributed by atoms with Gasteiger partial charge in [0.15, 0.2) is 0 Å². The van der Waals surface area contributed by atoms with Crippen LogP contribution in [0.25, 0.3) is 0 Å². The number of pyridine rings is 1. The third kappa shape index (κ3) is 3.47. The van der Waals surface area contributed by atoms with Gasteiger partial charge in [-0.25, -0.2) is 9.97 Å². The molecule has 0 spiro atoms. The molecule has 118 valence electrons. The monoisotopic (exact) mass is 299 g/mol. The summed E-state index contributed by atoms with van der Waals surface area (Å²) in [6.07, 6.45) is 8.32. The molecule has 2 aromatic rings. The molecule has 0 aromatic carbocycles. The van der Waals surface area contributed by atoms with Gasteiger partial charge in [-0.3, -0.25) is 0 Å². The van der Waals surface area contributed by atoms with Crippen molar-refractivity contribution >= 4 is 5.82 Å². The minimum absolute atomic E-state index is 0.493. The first kappa shape index (κ1) is 15.0. The summed E-state index contributed by atoms with van der Waals surface area (Å²) in [4.78, 5) is 13.7. The predicted octanol–water partition coefficient (Wildman–Crippen LogP) is 2.22. The average molecular weight is 299 g/mol. The molecule has 3 rings (SSSR count). The summed E-state index contributed by atoms with van der Waals surface area (Å²) >= 11 is 0. The highest BCUT2D eigenvalue weighted by Gasteiger charge is 2.25. The normalized spacial score (nSPS) is 18.9. The zero-order valence-corrected chi connectivity index (χ0v) is 13.5. The maximum atomic E-state index is 4.64. The Labute approximate surface area is 132 Å². The molecule has 1 saturated heterocycles. The summed E-state index contributed by atoms with van der Waals surface area (Å²) < 4.78 is 2.31. The van der Waals surface area contributed by atoms with Crippen molar-refractivity contribution in [1.29, 1.82) is 0 Å². The first-order valence-corrected chi connectivity index (χ1v) is 8.06. The van der Waals surface area contributed by atoms with Gasteiger partial charge in [0.2, 0.25) is 0 Å². The van der Waals surface area contributed by atoms with Gasteiger partial charge in [0.1, 0.15) is 11.6 Å². The molecule has 3 heterocycles. The third-order valence-electron chi connectivity index (χ3n) is 4.30. The first-order chi connectivity index (χ1) is 10.7. The van der Waals surface area contributed by atoms with Crippen LogP contribution >= 0.6 is 0 Å². The zero-order chi connectivity index (χ0) is 15.4. The van der Waals surface area contributed by atoms with Gasteiger partial charge in [0, 0.05) is 50.7 Å². The fourth-order valence-electron chi connectivity index (χ4n) is 3.11. The topological polar surface area (TPSA) is 37.2 Å². The molecule has 1 aliphatic rings. The van der Waals surface area contributed by atoms with Crippen LogP contribution in [0.2, 0.25) is 0 Å². The molecule has 22 heavy (non-hydrogen) atoms. The van der Waals surface area contributed by atoms with E-state index in [0.29, 0.717) is 5.92 Å². The Morgan fingerprint density at radius 3 is 2.91 bits per heavy atom. The number of rotatable bonds is 5. The van der Waals surface area contributed by atoms with Crippen molar-refractivity contribution < 1.29 is 0 Å². The van der Waals surface area contributed by atoms with Crippen molar-refractivity contribution in [3.05, 3.63) is 42.6 Å². The molecular weight excluding hydrogens is 274 g/mol. The molecule has 0 unspecified atom stereocenters. The Kier molecular flexibility index (Phi) is 4.73. The van der Waals surface area contributed by atoms with Gasteiger partial charge in [0.05, 0.1) is 0 Å². The van der Waals surface area contributed by atoms with E-state index in [1.807, 2.05) is 18.5 Å². The fraction of sp³-hybridized carbons (Fsp3) is 0.529. The van der Waals surface area contributed by atoms with Crippen LogP contribution in [0.3, 0.4) is 0 Å². The van der Waals surface area contributed by atoms with Crippen molar-refractivity contribution in [3.63, 3.8) is 0 Å². The van der Waals surface area contributed by atoms with E-state index in [9.17, 15) is 0 Å². The fourth-order valence-corrected chi connectivity index (χ4v) is 3.11. The van der Waals surface area contributed by atoms with Crippen LogP contribution in [0.1, 0.15) is 24.6 Å². The summed E-state index contributed by atoms with van der Waals surface area (Å²) in [5.74, 6) is 2.80. The van der Waals surface area contributed by atoms with Crippen LogP contribution in [0.5, 0.6) is 0 Å². The van der Waals surface area contributed by atoms with Crippen molar-refractivity contribution in [2.24, 2.45) is 0 Å². The molecule has 0 amide bonds. The quantitative estimate of drug-likeness (QED) is 0.848. The molecule has 0 radical (unpaired) electrons. The lowest BCUT2D eigenvalue weighted by Gasteiger charge is -2.33. The second-order valence-corrected chi connectivity index (χ2v) is 6.26. The van der Waals surface area contributed by atoms with Crippen LogP contribution in [0, 0.1) is 0 Å². The highest BCUT2D eigenvalue weighted by Crippen LogP contribution is 2.28. The molecule has 1 atom stereocenters. The highest BCUT2D eigenvalue weighted by atomic mass is 15.2. The van der Waals surface area contributed by atoms with E-state index in [1.54, 1.807) is 0 Å². The standard InChI is InChI=1S/C17H25N5/c1-20(2)12-13-21-11-9-19-17(21)15-6-5-10-22(14-15)16-7-3-4-8-18-16/h3-4,7-9,11,15H,5-6,10,12-14H2,1-2H3/t15-/m0/s1. The van der Waals surface area contributed by atoms with Crippen LogP contribution in [0.4, 0.5) is 5.82 Å². The van der Waals surface area contributed by atoms with Gasteiger partial charge in [0.25, 0.3) is 0 Å². The van der Waals surface area contributed by atoms with Gasteiger partial charge in [-0.05, 0) is 39.1 Å². The number of likely N-dealkylation sites (N-methyl/N-ethyl adjacent to an activating group) is 1. The van der Waals surface area contributed by atoms with E-state index in [4.69, 9.17) is 0 Å². The summed E-state index contributed by atoms with van der Waals surface area (Å²) in [5.41, 5.74) is 0. The van der Waals surface area contributed by atoms with E-state index in [-0.39, 0.29) is 0 Å². The van der Waals surface area contributed by atoms with Gasteiger partial charge in [-0.1, -0.05) is 6.07 Å². The van der Waals surface area contributed by atoms with E-state index >= 15 is 0 Å². The molecule has 5 nitrogen and oxygen atoms in total. The van der Waals surface area contributed by atoms with Crippen LogP contribution in [0.15, 0.2) is 36.8 Å². The Hall–Kier alpha value is -1.88. The Balaban J connectivity index is 1.71. The van der Waals surface area contributed by atoms with Gasteiger partial charge in [-0.15, -0.1) is 0 Å². The van der Waals surface area contributed by atoms with E-state index in [2.05, 4.69) is 56.8 Å². The smallest absolute Gasteiger partial charge is 0.128 e. The molecule has 0 bridgehead atoms. The number of hydrogen-bond acceptors (Lipinski definition) is 4. The molecule has 0 saturated carbocycles. The van der Waals surface area contributed by atoms with Gasteiger partial charge < -0.3 is 14.4 Å². The maximum absolute atomic E-state index is 4.64. The first-order valence-electron chi connectivity index (χ1n) is 8.06. The Morgan fingerprint density at radius 1 is 1.23 bits per heavy atom. The number of imidazole rings is 1. The number of piperidine rings is 1. The predicted molar refractivity (Wildman–Crippen MR) is 89.2 cm³/mol. The van der Waals surface area contributed by atoms with Gasteiger partial charge in [-0.2, -0.15) is 0 Å². The molecule has 5 heteroatoms. The number of anilines is 1. The zero-order valence-electron chi connectivity index (χ0n) is 13.5. The summed E-state index contributed by atoms with van der Waals surface area (Å²) in [5, 5.41) is 0. The molecule has 1 aliphatic heterocycles. The lowest BCUT2D eigenvalue weighted by atomic mass is 9.97. The summed E-state index contributed by atoms with van der Waals surface area (Å²) in [6.45, 7) is 4.14. The molecule has 2 aromatic heterocycles. The highest BCUT2D eigenvalue weighted by molar-refractivity contribution is 5.39. The largest absolute Gasteiger partial charge is 0.356 e. The van der Waals surface area contributed by atoms with Crippen LogP contribution in [-0.2, 0) is 6.54 Å². The van der Waals surface area contributed by atoms with E-state index in [1.165, 1.54) is 18.7 Å². The lowest BCUT2D eigenvalue weighted by Crippen LogP contribution is -2.36. The Morgan fingerprint density at radius 2 is 2.14 bits per heavy atom. The summed E-state index contributed by atoms with van der Waals surface area (Å²) in [6, 6.07) is 6.13. The van der Waals surface area contributed by atoms with Gasteiger partial charge >= 0.3 is 0 Å². The molecule has 0 N–H and O–H groups in total. The SMILES string of the molecule is CN(C)CCn1ccnc1[C@H]1CCCN(c2ccccn2)C1. The molecule has 0 aliphatic carbocycles. The molecular formula is C17H25N5. The van der Waals surface area contributed by atoms with Crippen LogP contribution < -0.4 is 4.90 Å². The van der Waals surface area contributed by atoms with Crippen molar-refractivity contribution in [1.82, 2.24) is 19.4 Å². The van der Waals surface area contributed by atoms with E-state index in [0.717, 1.165) is 32.0 Å². The lowest BCUT2D eigenvalue weighted by molar-refractivity contribution is 0.373. The minimum Gasteiger partial charge on any atom is -0.356 e. The van der Waals surface area contributed by atoms with Crippen LogP contribution in [-0.4, -0.2) is 53.2 Å². The van der Waals surface area contributed by atoms with E-state index < -0.39 is 0 Å². The second-order valence-electron chi connectivity index (χ2n) is 6.26. The summed E-state index contributed by atoms with van der Waals surface area (Å²) in [7, 11) is 4.22. The van der Waals surface area contributed by atoms with Crippen molar-refractivity contribution in [3.8, 4) is 0 Å². The van der Waals surface area contributed by atoms with Crippen molar-refractivity contribution in [2.75, 3.05) is 38.6 Å². The number of hydrogen-bond donors (Lipinski definition) is 0. The maximum Gasteiger partial charge on any atom is 0.128 e.